The average molecular weight is 287 g/mol. The van der Waals surface area contributed by atoms with Crippen molar-refractivity contribution >= 4 is 15.9 Å². The van der Waals surface area contributed by atoms with E-state index in [1.807, 2.05) is 12.1 Å². The molecule has 0 bridgehead atoms. The molecule has 2 rings (SSSR count). The zero-order chi connectivity index (χ0) is 11.7. The van der Waals surface area contributed by atoms with Crippen LogP contribution in [0.4, 0.5) is 4.39 Å². The molecule has 0 radical (unpaired) electrons. The summed E-state index contributed by atoms with van der Waals surface area (Å²) < 4.78 is 18.7. The van der Waals surface area contributed by atoms with Gasteiger partial charge in [-0.3, -0.25) is 0 Å². The minimum atomic E-state index is -0.139. The summed E-state index contributed by atoms with van der Waals surface area (Å²) in [5.74, 6) is 0.347. The average Bonchev–Trinajstić information content (AvgIpc) is 2.68. The van der Waals surface area contributed by atoms with Gasteiger partial charge in [-0.2, -0.15) is 0 Å². The quantitative estimate of drug-likeness (QED) is 0.747. The van der Waals surface area contributed by atoms with E-state index in [-0.39, 0.29) is 10.6 Å². The van der Waals surface area contributed by atoms with Crippen LogP contribution in [-0.2, 0) is 4.74 Å². The zero-order valence-corrected chi connectivity index (χ0v) is 11.1. The van der Waals surface area contributed by atoms with Crippen molar-refractivity contribution in [2.24, 2.45) is 5.92 Å². The molecule has 0 aliphatic carbocycles. The number of aryl methyl sites for hydroxylation is 1. The lowest BCUT2D eigenvalue weighted by molar-refractivity contribution is 0.120. The molecule has 0 spiro atoms. The van der Waals surface area contributed by atoms with Crippen molar-refractivity contribution in [2.75, 3.05) is 6.61 Å². The molecule has 3 unspecified atom stereocenters. The Hall–Kier alpha value is -0.410. The first-order valence-electron chi connectivity index (χ1n) is 5.59. The SMILES string of the molecule is Cc1cc(C(Br)C2COC(C)C2)ccc1F. The van der Waals surface area contributed by atoms with Crippen molar-refractivity contribution < 1.29 is 9.13 Å². The lowest BCUT2D eigenvalue weighted by Gasteiger charge is -2.17. The first kappa shape index (κ1) is 12.1. The van der Waals surface area contributed by atoms with Gasteiger partial charge >= 0.3 is 0 Å². The Kier molecular flexibility index (Phi) is 3.65. The molecule has 1 saturated heterocycles. The molecule has 1 aromatic rings. The topological polar surface area (TPSA) is 9.23 Å². The largest absolute Gasteiger partial charge is 0.378 e. The van der Waals surface area contributed by atoms with Crippen molar-refractivity contribution in [3.8, 4) is 0 Å². The highest BCUT2D eigenvalue weighted by Crippen LogP contribution is 2.38. The molecule has 1 aliphatic heterocycles. The van der Waals surface area contributed by atoms with E-state index >= 15 is 0 Å². The molecule has 0 aromatic heterocycles. The van der Waals surface area contributed by atoms with Crippen LogP contribution in [0.25, 0.3) is 0 Å². The second kappa shape index (κ2) is 4.84. The molecule has 0 amide bonds. The van der Waals surface area contributed by atoms with Gasteiger partial charge in [0.25, 0.3) is 0 Å². The van der Waals surface area contributed by atoms with Crippen LogP contribution in [0.5, 0.6) is 0 Å². The van der Waals surface area contributed by atoms with E-state index in [0.29, 0.717) is 17.6 Å². The second-order valence-electron chi connectivity index (χ2n) is 4.55. The highest BCUT2D eigenvalue weighted by Gasteiger charge is 2.29. The molecular weight excluding hydrogens is 271 g/mol. The maximum absolute atomic E-state index is 13.2. The molecule has 3 heteroatoms. The van der Waals surface area contributed by atoms with Gasteiger partial charge in [0.1, 0.15) is 5.82 Å². The van der Waals surface area contributed by atoms with Crippen molar-refractivity contribution in [3.63, 3.8) is 0 Å². The Bertz CT molecular complexity index is 380. The molecule has 0 N–H and O–H groups in total. The van der Waals surface area contributed by atoms with Gasteiger partial charge in [-0.25, -0.2) is 4.39 Å². The molecule has 88 valence electrons. The number of rotatable bonds is 2. The number of benzene rings is 1. The van der Waals surface area contributed by atoms with Crippen molar-refractivity contribution in [3.05, 3.63) is 35.1 Å². The third-order valence-electron chi connectivity index (χ3n) is 3.14. The summed E-state index contributed by atoms with van der Waals surface area (Å²) >= 11 is 3.70. The summed E-state index contributed by atoms with van der Waals surface area (Å²) in [4.78, 5) is 0.261. The van der Waals surface area contributed by atoms with Gasteiger partial charge in [-0.1, -0.05) is 28.1 Å². The third-order valence-corrected chi connectivity index (χ3v) is 4.42. The van der Waals surface area contributed by atoms with Crippen LogP contribution in [-0.4, -0.2) is 12.7 Å². The van der Waals surface area contributed by atoms with Crippen LogP contribution in [0.1, 0.15) is 29.3 Å². The van der Waals surface area contributed by atoms with Gasteiger partial charge in [0, 0.05) is 10.7 Å². The Morgan fingerprint density at radius 2 is 2.25 bits per heavy atom. The van der Waals surface area contributed by atoms with Gasteiger partial charge in [0.05, 0.1) is 12.7 Å². The Morgan fingerprint density at radius 3 is 2.81 bits per heavy atom. The van der Waals surface area contributed by atoms with Crippen LogP contribution >= 0.6 is 15.9 Å². The van der Waals surface area contributed by atoms with Crippen molar-refractivity contribution in [1.29, 1.82) is 0 Å². The number of hydrogen-bond acceptors (Lipinski definition) is 1. The van der Waals surface area contributed by atoms with Gasteiger partial charge < -0.3 is 4.74 Å². The molecule has 1 fully saturated rings. The summed E-state index contributed by atoms with van der Waals surface area (Å²) in [7, 11) is 0. The van der Waals surface area contributed by atoms with Crippen LogP contribution < -0.4 is 0 Å². The lowest BCUT2D eigenvalue weighted by atomic mass is 9.96. The van der Waals surface area contributed by atoms with Crippen molar-refractivity contribution in [2.45, 2.75) is 31.2 Å². The van der Waals surface area contributed by atoms with E-state index in [0.717, 1.165) is 18.6 Å². The smallest absolute Gasteiger partial charge is 0.126 e. The van der Waals surface area contributed by atoms with E-state index in [9.17, 15) is 4.39 Å². The fraction of sp³-hybridized carbons (Fsp3) is 0.538. The highest BCUT2D eigenvalue weighted by molar-refractivity contribution is 9.09. The summed E-state index contributed by atoms with van der Waals surface area (Å²) in [6, 6.07) is 5.31. The molecule has 1 heterocycles. The maximum Gasteiger partial charge on any atom is 0.126 e. The zero-order valence-electron chi connectivity index (χ0n) is 9.54. The standard InChI is InChI=1S/C13H16BrFO/c1-8-5-10(3-4-12(8)15)13(14)11-6-9(2)16-7-11/h3-5,9,11,13H,6-7H2,1-2H3. The van der Waals surface area contributed by atoms with Crippen LogP contribution in [0.15, 0.2) is 18.2 Å². The Labute approximate surface area is 104 Å². The fourth-order valence-corrected chi connectivity index (χ4v) is 2.82. The summed E-state index contributed by atoms with van der Waals surface area (Å²) in [5.41, 5.74) is 1.84. The molecule has 1 nitrogen and oxygen atoms in total. The predicted molar refractivity (Wildman–Crippen MR) is 66.3 cm³/mol. The monoisotopic (exact) mass is 286 g/mol. The number of hydrogen-bond donors (Lipinski definition) is 0. The summed E-state index contributed by atoms with van der Waals surface area (Å²) in [6.45, 7) is 4.68. The number of ether oxygens (including phenoxy) is 1. The van der Waals surface area contributed by atoms with Crippen LogP contribution in [0.3, 0.4) is 0 Å². The van der Waals surface area contributed by atoms with Crippen molar-refractivity contribution in [1.82, 2.24) is 0 Å². The first-order chi connectivity index (χ1) is 7.58. The molecular formula is C13H16BrFO. The second-order valence-corrected chi connectivity index (χ2v) is 5.54. The first-order valence-corrected chi connectivity index (χ1v) is 6.51. The van der Waals surface area contributed by atoms with Crippen LogP contribution in [0.2, 0.25) is 0 Å². The predicted octanol–water partition coefficient (Wildman–Crippen LogP) is 4.00. The van der Waals surface area contributed by atoms with E-state index in [1.165, 1.54) is 6.07 Å². The number of halogens is 2. The maximum atomic E-state index is 13.2. The normalized spacial score (nSPS) is 27.0. The summed E-state index contributed by atoms with van der Waals surface area (Å²) in [6.07, 6.45) is 1.40. The lowest BCUT2D eigenvalue weighted by Crippen LogP contribution is -2.08. The minimum absolute atomic E-state index is 0.139. The fourth-order valence-electron chi connectivity index (χ4n) is 2.17. The van der Waals surface area contributed by atoms with Gasteiger partial charge in [0.15, 0.2) is 0 Å². The summed E-state index contributed by atoms with van der Waals surface area (Å²) in [5, 5.41) is 0. The molecule has 1 aromatic carbocycles. The van der Waals surface area contributed by atoms with Gasteiger partial charge in [-0.05, 0) is 37.5 Å². The number of alkyl halides is 1. The van der Waals surface area contributed by atoms with Gasteiger partial charge in [0.2, 0.25) is 0 Å². The molecule has 0 saturated carbocycles. The minimum Gasteiger partial charge on any atom is -0.378 e. The molecule has 3 atom stereocenters. The Morgan fingerprint density at radius 1 is 1.50 bits per heavy atom. The highest BCUT2D eigenvalue weighted by atomic mass is 79.9. The van der Waals surface area contributed by atoms with E-state index in [1.54, 1.807) is 6.92 Å². The Balaban J connectivity index is 2.14. The van der Waals surface area contributed by atoms with E-state index in [2.05, 4.69) is 22.9 Å². The third kappa shape index (κ3) is 2.46. The van der Waals surface area contributed by atoms with Crippen LogP contribution in [0, 0.1) is 18.7 Å². The molecule has 16 heavy (non-hydrogen) atoms. The van der Waals surface area contributed by atoms with E-state index < -0.39 is 0 Å². The van der Waals surface area contributed by atoms with Gasteiger partial charge in [-0.15, -0.1) is 0 Å². The van der Waals surface area contributed by atoms with E-state index in [4.69, 9.17) is 4.74 Å². The molecule has 1 aliphatic rings.